The van der Waals surface area contributed by atoms with Crippen LogP contribution in [0.2, 0.25) is 22.5 Å². The third kappa shape index (κ3) is 4.31. The summed E-state index contributed by atoms with van der Waals surface area (Å²) < 4.78 is 7.85. The van der Waals surface area contributed by atoms with Gasteiger partial charge in [0.25, 0.3) is 0 Å². The molecule has 0 rings (SSSR count). The van der Waals surface area contributed by atoms with Crippen molar-refractivity contribution < 1.29 is 4.65 Å². The van der Waals surface area contributed by atoms with E-state index in [0.717, 1.165) is 0 Å². The van der Waals surface area contributed by atoms with E-state index in [2.05, 4.69) is 37.6 Å². The molecular weight excluding hydrogens is 314 g/mol. The van der Waals surface area contributed by atoms with Crippen LogP contribution >= 0.6 is 0 Å². The molecule has 0 unspecified atom stereocenters. The van der Waals surface area contributed by atoms with Gasteiger partial charge in [0.05, 0.1) is 0 Å². The predicted molar refractivity (Wildman–Crippen MR) is 83.4 cm³/mol. The molecule has 101 valence electrons. The average molecular weight is 345 g/mol. The van der Waals surface area contributed by atoms with E-state index in [4.69, 9.17) is 4.65 Å². The molecule has 0 aromatic carbocycles. The van der Waals surface area contributed by atoms with Crippen molar-refractivity contribution in [3.05, 3.63) is 9.06 Å². The van der Waals surface area contributed by atoms with Crippen LogP contribution in [0.15, 0.2) is 9.06 Å². The van der Waals surface area contributed by atoms with Crippen molar-refractivity contribution in [2.45, 2.75) is 69.5 Å². The molecule has 0 N–H and O–H groups in total. The van der Waals surface area contributed by atoms with Crippen molar-refractivity contribution in [3.63, 3.8) is 0 Å². The molecule has 1 nitrogen and oxygen atoms in total. The van der Waals surface area contributed by atoms with Crippen LogP contribution in [0.3, 0.4) is 0 Å². The molecule has 0 saturated carbocycles. The Kier molecular flexibility index (Phi) is 8.91. The first-order valence-electron chi connectivity index (χ1n) is 7.28. The molecule has 0 aromatic heterocycles. The average Bonchev–Trinajstić information content (AvgIpc) is 2.34. The number of hydrogen-bond donors (Lipinski definition) is 0. The Bertz CT molecular complexity index is 236. The van der Waals surface area contributed by atoms with Gasteiger partial charge >= 0.3 is 116 Å². The van der Waals surface area contributed by atoms with Crippen LogP contribution in [0.5, 0.6) is 0 Å². The van der Waals surface area contributed by atoms with Crippen molar-refractivity contribution in [2.24, 2.45) is 0 Å². The molecular formula is C14H31BOSn-. The van der Waals surface area contributed by atoms with Crippen LogP contribution in [0.4, 0.5) is 0 Å². The number of allylic oxidation sites excluding steroid dienone is 2. The Hall–Kier alpha value is 0.564. The predicted octanol–water partition coefficient (Wildman–Crippen LogP) is 4.96. The van der Waals surface area contributed by atoms with Crippen molar-refractivity contribution >= 4 is 26.1 Å². The van der Waals surface area contributed by atoms with Crippen molar-refractivity contribution in [3.8, 4) is 0 Å². The number of rotatable bonds is 8. The third-order valence-corrected chi connectivity index (χ3v) is 9.35. The Balaban J connectivity index is 5.56. The van der Waals surface area contributed by atoms with Gasteiger partial charge in [-0.15, -0.1) is 0 Å². The van der Waals surface area contributed by atoms with Crippen LogP contribution in [0.1, 0.15) is 47.0 Å². The van der Waals surface area contributed by atoms with E-state index in [0.29, 0.717) is 0 Å². The van der Waals surface area contributed by atoms with Gasteiger partial charge < -0.3 is 0 Å². The molecule has 0 saturated heterocycles. The van der Waals surface area contributed by atoms with Crippen molar-refractivity contribution in [2.75, 3.05) is 7.11 Å². The monoisotopic (exact) mass is 346 g/mol. The van der Waals surface area contributed by atoms with Crippen LogP contribution < -0.4 is 0 Å². The van der Waals surface area contributed by atoms with Gasteiger partial charge in [0.15, 0.2) is 0 Å². The van der Waals surface area contributed by atoms with E-state index >= 15 is 0 Å². The van der Waals surface area contributed by atoms with E-state index in [-0.39, 0.29) is 0 Å². The Morgan fingerprint density at radius 1 is 1.06 bits per heavy atom. The van der Waals surface area contributed by atoms with Gasteiger partial charge in [0.2, 0.25) is 0 Å². The number of hydrogen-bond acceptors (Lipinski definition) is 1. The summed E-state index contributed by atoms with van der Waals surface area (Å²) in [4.78, 5) is 5.04. The first-order chi connectivity index (χ1) is 8.02. The van der Waals surface area contributed by atoms with Gasteiger partial charge in [-0.2, -0.15) is 0 Å². The third-order valence-electron chi connectivity index (χ3n) is 4.28. The summed E-state index contributed by atoms with van der Waals surface area (Å²) in [6.45, 7) is 9.21. The zero-order chi connectivity index (χ0) is 13.5. The topological polar surface area (TPSA) is 9.23 Å². The summed E-state index contributed by atoms with van der Waals surface area (Å²) in [7, 11) is 1.92. The van der Waals surface area contributed by atoms with Crippen LogP contribution in [-0.4, -0.2) is 33.2 Å². The quantitative estimate of drug-likeness (QED) is 0.565. The molecule has 0 atom stereocenters. The summed E-state index contributed by atoms with van der Waals surface area (Å²) >= 11 is -1.27. The zero-order valence-corrected chi connectivity index (χ0v) is 15.9. The molecule has 0 aliphatic rings. The van der Waals surface area contributed by atoms with Gasteiger partial charge in [-0.25, -0.2) is 0 Å². The zero-order valence-electron chi connectivity index (χ0n) is 13.0. The fraction of sp³-hybridized carbons (Fsp3) is 0.857. The standard InChI is InChI=1S/C12H25BO.2CH3.Sn/c1-6-10-11-12(7-2)13(8-3,9-4)14-5;;;/h6-10H2,1-5H3;2*1H3;/q-1;;;. The molecule has 0 bridgehead atoms. The molecule has 1 radical (unpaired) electrons. The molecule has 0 aliphatic heterocycles. The molecule has 0 spiro atoms. The summed E-state index contributed by atoms with van der Waals surface area (Å²) in [5.41, 5.74) is 1.71. The van der Waals surface area contributed by atoms with Crippen molar-refractivity contribution in [1.82, 2.24) is 0 Å². The van der Waals surface area contributed by atoms with Crippen LogP contribution in [0.25, 0.3) is 0 Å². The van der Waals surface area contributed by atoms with Gasteiger partial charge in [-0.3, -0.25) is 0 Å². The van der Waals surface area contributed by atoms with Crippen LogP contribution in [-0.2, 0) is 4.65 Å². The first-order valence-corrected chi connectivity index (χ1v) is 14.4. The second kappa shape index (κ2) is 8.63. The van der Waals surface area contributed by atoms with E-state index < -0.39 is 26.1 Å². The Labute approximate surface area is 116 Å². The van der Waals surface area contributed by atoms with E-state index in [1.807, 2.05) is 10.7 Å². The van der Waals surface area contributed by atoms with Gasteiger partial charge in [0, 0.05) is 0 Å². The fourth-order valence-electron chi connectivity index (χ4n) is 3.14. The van der Waals surface area contributed by atoms with E-state index in [1.54, 1.807) is 5.47 Å². The maximum atomic E-state index is 6.00. The summed E-state index contributed by atoms with van der Waals surface area (Å²) in [6, 6.07) is 0. The first kappa shape index (κ1) is 17.6. The summed E-state index contributed by atoms with van der Waals surface area (Å²) in [5, 5.41) is 0. The maximum absolute atomic E-state index is 6.00. The van der Waals surface area contributed by atoms with E-state index in [9.17, 15) is 0 Å². The normalized spacial score (nSPS) is 14.1. The molecule has 17 heavy (non-hydrogen) atoms. The summed E-state index contributed by atoms with van der Waals surface area (Å²) in [5.74, 6) is 0. The van der Waals surface area contributed by atoms with E-state index in [1.165, 1.54) is 31.9 Å². The Morgan fingerprint density at radius 2 is 1.59 bits per heavy atom. The molecule has 0 aromatic rings. The molecule has 3 heteroatoms. The Morgan fingerprint density at radius 3 is 1.82 bits per heavy atom. The molecule has 0 heterocycles. The summed E-state index contributed by atoms with van der Waals surface area (Å²) in [6.07, 6.45) is 5.43. The molecule has 0 aliphatic carbocycles. The van der Waals surface area contributed by atoms with Gasteiger partial charge in [-0.1, -0.05) is 0 Å². The molecule has 0 amide bonds. The minimum absolute atomic E-state index is 0.698. The second-order valence-electron chi connectivity index (χ2n) is 5.31. The van der Waals surface area contributed by atoms with Crippen molar-refractivity contribution in [1.29, 1.82) is 0 Å². The van der Waals surface area contributed by atoms with Crippen LogP contribution in [0, 0.1) is 0 Å². The fourth-order valence-corrected chi connectivity index (χ4v) is 8.37. The second-order valence-corrected chi connectivity index (χ2v) is 12.7. The van der Waals surface area contributed by atoms with Gasteiger partial charge in [-0.05, 0) is 0 Å². The SMILES string of the molecule is CCC/[C](=C(\CC)[B-](CC)(CC)OC)[Sn]([CH3])[CH3]. The molecule has 0 fully saturated rings. The minimum atomic E-state index is -1.27. The van der Waals surface area contributed by atoms with Gasteiger partial charge in [0.1, 0.15) is 0 Å².